The molecule has 7 heteroatoms. The summed E-state index contributed by atoms with van der Waals surface area (Å²) in [6, 6.07) is 11.7. The van der Waals surface area contributed by atoms with Crippen molar-refractivity contribution in [1.82, 2.24) is 4.90 Å². The molecule has 2 amide bonds. The third-order valence-electron chi connectivity index (χ3n) is 3.84. The van der Waals surface area contributed by atoms with Gasteiger partial charge in [0.1, 0.15) is 0 Å². The second-order valence-corrected chi connectivity index (χ2v) is 5.80. The maximum atomic E-state index is 13.0. The highest BCUT2D eigenvalue weighted by Gasteiger charge is 2.33. The van der Waals surface area contributed by atoms with Crippen LogP contribution in [0.15, 0.2) is 48.5 Å². The molecular formula is C19H19F3N2O2. The van der Waals surface area contributed by atoms with Crippen LogP contribution in [0, 0.1) is 0 Å². The van der Waals surface area contributed by atoms with Gasteiger partial charge in [-0.05, 0) is 36.2 Å². The predicted molar refractivity (Wildman–Crippen MR) is 92.9 cm³/mol. The molecule has 0 atom stereocenters. The van der Waals surface area contributed by atoms with E-state index in [0.29, 0.717) is 5.56 Å². The summed E-state index contributed by atoms with van der Waals surface area (Å²) in [5.41, 5.74) is 0.217. The number of hydrogen-bond acceptors (Lipinski definition) is 2. The first-order valence-corrected chi connectivity index (χ1v) is 8.03. The van der Waals surface area contributed by atoms with Crippen LogP contribution in [0.2, 0.25) is 0 Å². The first-order valence-electron chi connectivity index (χ1n) is 8.03. The van der Waals surface area contributed by atoms with Gasteiger partial charge < -0.3 is 10.2 Å². The molecule has 0 saturated carbocycles. The first kappa shape index (κ1) is 19.5. The van der Waals surface area contributed by atoms with Crippen molar-refractivity contribution in [2.45, 2.75) is 19.5 Å². The van der Waals surface area contributed by atoms with Crippen molar-refractivity contribution in [2.24, 2.45) is 0 Å². The summed E-state index contributed by atoms with van der Waals surface area (Å²) >= 11 is 0. The smallest absolute Gasteiger partial charge is 0.332 e. The number of hydrogen-bond donors (Lipinski definition) is 1. The number of benzene rings is 2. The molecule has 0 bridgehead atoms. The van der Waals surface area contributed by atoms with Gasteiger partial charge in [0.2, 0.25) is 5.91 Å². The number of carbonyl (C=O) groups excluding carboxylic acids is 2. The van der Waals surface area contributed by atoms with Crippen molar-refractivity contribution in [2.75, 3.05) is 18.9 Å². The SMILES string of the molecule is CCc1ccc(C(=O)N(C)CC(=O)Nc2ccccc2C(F)(F)F)cc1. The van der Waals surface area contributed by atoms with Crippen LogP contribution in [0.5, 0.6) is 0 Å². The molecule has 0 unspecified atom stereocenters. The van der Waals surface area contributed by atoms with Gasteiger partial charge in [0, 0.05) is 12.6 Å². The van der Waals surface area contributed by atoms with Crippen LogP contribution >= 0.6 is 0 Å². The average Bonchev–Trinajstić information content (AvgIpc) is 2.60. The molecule has 1 N–H and O–H groups in total. The zero-order chi connectivity index (χ0) is 19.3. The lowest BCUT2D eigenvalue weighted by Crippen LogP contribution is -2.35. The third kappa shape index (κ3) is 4.84. The molecule has 138 valence electrons. The molecule has 4 nitrogen and oxygen atoms in total. The van der Waals surface area contributed by atoms with E-state index in [2.05, 4.69) is 5.32 Å². The summed E-state index contributed by atoms with van der Waals surface area (Å²) in [6.45, 7) is 1.63. The second-order valence-electron chi connectivity index (χ2n) is 5.80. The van der Waals surface area contributed by atoms with Crippen LogP contribution in [0.1, 0.15) is 28.4 Å². The summed E-state index contributed by atoms with van der Waals surface area (Å²) in [4.78, 5) is 25.5. The summed E-state index contributed by atoms with van der Waals surface area (Å²) < 4.78 is 38.9. The number of amides is 2. The monoisotopic (exact) mass is 364 g/mol. The number of para-hydroxylation sites is 1. The fourth-order valence-corrected chi connectivity index (χ4v) is 2.42. The minimum atomic E-state index is -4.58. The van der Waals surface area contributed by atoms with E-state index in [1.165, 1.54) is 25.2 Å². The lowest BCUT2D eigenvalue weighted by Gasteiger charge is -2.18. The number of likely N-dealkylation sites (N-methyl/N-ethyl adjacent to an activating group) is 1. The number of anilines is 1. The van der Waals surface area contributed by atoms with Gasteiger partial charge in [0.05, 0.1) is 17.8 Å². The Morgan fingerprint density at radius 2 is 1.65 bits per heavy atom. The standard InChI is InChI=1S/C19H19F3N2O2/c1-3-13-8-10-14(11-9-13)18(26)24(2)12-17(25)23-16-7-5-4-6-15(16)19(20,21)22/h4-11H,3,12H2,1-2H3,(H,23,25). The van der Waals surface area contributed by atoms with Crippen molar-refractivity contribution in [1.29, 1.82) is 0 Å². The zero-order valence-corrected chi connectivity index (χ0v) is 14.4. The number of halogens is 3. The van der Waals surface area contributed by atoms with Crippen LogP contribution in [-0.2, 0) is 17.4 Å². The summed E-state index contributed by atoms with van der Waals surface area (Å²) in [5, 5.41) is 2.22. The summed E-state index contributed by atoms with van der Waals surface area (Å²) in [7, 11) is 1.42. The van der Waals surface area contributed by atoms with Gasteiger partial charge in [0.15, 0.2) is 0 Å². The van der Waals surface area contributed by atoms with Gasteiger partial charge >= 0.3 is 6.18 Å². The van der Waals surface area contributed by atoms with E-state index in [1.54, 1.807) is 12.1 Å². The van der Waals surface area contributed by atoms with E-state index in [-0.39, 0.29) is 18.1 Å². The highest BCUT2D eigenvalue weighted by molar-refractivity contribution is 5.99. The fraction of sp³-hybridized carbons (Fsp3) is 0.263. The van der Waals surface area contributed by atoms with Crippen LogP contribution in [-0.4, -0.2) is 30.3 Å². The van der Waals surface area contributed by atoms with Crippen molar-refractivity contribution in [3.05, 3.63) is 65.2 Å². The zero-order valence-electron chi connectivity index (χ0n) is 14.4. The molecule has 0 aliphatic carbocycles. The van der Waals surface area contributed by atoms with Crippen LogP contribution in [0.3, 0.4) is 0 Å². The van der Waals surface area contributed by atoms with Crippen LogP contribution in [0.4, 0.5) is 18.9 Å². The molecule has 0 heterocycles. The first-order chi connectivity index (χ1) is 12.2. The molecule has 0 aromatic heterocycles. The van der Waals surface area contributed by atoms with Crippen molar-refractivity contribution < 1.29 is 22.8 Å². The van der Waals surface area contributed by atoms with Gasteiger partial charge in [-0.2, -0.15) is 13.2 Å². The Morgan fingerprint density at radius 3 is 2.23 bits per heavy atom. The number of nitrogens with zero attached hydrogens (tertiary/aromatic N) is 1. The number of aryl methyl sites for hydroxylation is 1. The van der Waals surface area contributed by atoms with Gasteiger partial charge in [-0.1, -0.05) is 31.2 Å². The average molecular weight is 364 g/mol. The molecule has 0 aliphatic rings. The van der Waals surface area contributed by atoms with Crippen molar-refractivity contribution in [3.8, 4) is 0 Å². The second kappa shape index (κ2) is 8.03. The Balaban J connectivity index is 2.04. The molecule has 0 fully saturated rings. The van der Waals surface area contributed by atoms with Gasteiger partial charge in [-0.3, -0.25) is 9.59 Å². The molecular weight excluding hydrogens is 345 g/mol. The highest BCUT2D eigenvalue weighted by Crippen LogP contribution is 2.34. The van der Waals surface area contributed by atoms with Gasteiger partial charge in [-0.25, -0.2) is 0 Å². The Morgan fingerprint density at radius 1 is 1.04 bits per heavy atom. The molecule has 0 saturated heterocycles. The molecule has 2 aromatic rings. The van der Waals surface area contributed by atoms with Gasteiger partial charge in [-0.15, -0.1) is 0 Å². The molecule has 26 heavy (non-hydrogen) atoms. The molecule has 0 aliphatic heterocycles. The Labute approximate surface area is 149 Å². The highest BCUT2D eigenvalue weighted by atomic mass is 19.4. The Bertz CT molecular complexity index is 786. The summed E-state index contributed by atoms with van der Waals surface area (Å²) in [5.74, 6) is -1.09. The number of rotatable bonds is 5. The fourth-order valence-electron chi connectivity index (χ4n) is 2.42. The molecule has 2 rings (SSSR count). The van der Waals surface area contributed by atoms with E-state index >= 15 is 0 Å². The molecule has 0 radical (unpaired) electrons. The lowest BCUT2D eigenvalue weighted by molar-refractivity contribution is -0.137. The minimum absolute atomic E-state index is 0.335. The van der Waals surface area contributed by atoms with Gasteiger partial charge in [0.25, 0.3) is 5.91 Å². The number of nitrogens with one attached hydrogen (secondary N) is 1. The predicted octanol–water partition coefficient (Wildman–Crippen LogP) is 3.98. The van der Waals surface area contributed by atoms with E-state index in [9.17, 15) is 22.8 Å². The van der Waals surface area contributed by atoms with Crippen molar-refractivity contribution >= 4 is 17.5 Å². The largest absolute Gasteiger partial charge is 0.418 e. The Hall–Kier alpha value is -2.83. The number of alkyl halides is 3. The lowest BCUT2D eigenvalue weighted by atomic mass is 10.1. The normalized spacial score (nSPS) is 11.1. The topological polar surface area (TPSA) is 49.4 Å². The molecule has 2 aromatic carbocycles. The van der Waals surface area contributed by atoms with E-state index in [4.69, 9.17) is 0 Å². The maximum absolute atomic E-state index is 13.0. The minimum Gasteiger partial charge on any atom is -0.332 e. The quantitative estimate of drug-likeness (QED) is 0.873. The summed E-state index contributed by atoms with van der Waals surface area (Å²) in [6.07, 6.45) is -3.74. The van der Waals surface area contributed by atoms with E-state index in [0.717, 1.165) is 23.0 Å². The third-order valence-corrected chi connectivity index (χ3v) is 3.84. The van der Waals surface area contributed by atoms with Crippen LogP contribution in [0.25, 0.3) is 0 Å². The number of carbonyl (C=O) groups is 2. The van der Waals surface area contributed by atoms with E-state index in [1.807, 2.05) is 19.1 Å². The van der Waals surface area contributed by atoms with Crippen molar-refractivity contribution in [3.63, 3.8) is 0 Å². The molecule has 0 spiro atoms. The maximum Gasteiger partial charge on any atom is 0.418 e. The van der Waals surface area contributed by atoms with E-state index < -0.39 is 17.6 Å². The van der Waals surface area contributed by atoms with Crippen LogP contribution < -0.4 is 5.32 Å². The Kier molecular flexibility index (Phi) is 6.02.